The molecule has 0 amide bonds. The summed E-state index contributed by atoms with van der Waals surface area (Å²) in [5, 5.41) is 29.0. The molecule has 0 saturated carbocycles. The van der Waals surface area contributed by atoms with E-state index in [1.165, 1.54) is 6.33 Å². The first-order valence-corrected chi connectivity index (χ1v) is 5.92. The molecule has 0 aliphatic carbocycles. The van der Waals surface area contributed by atoms with Gasteiger partial charge in [-0.3, -0.25) is 5.41 Å². The Hall–Kier alpha value is -3.47. The van der Waals surface area contributed by atoms with Gasteiger partial charge in [0.1, 0.15) is 23.7 Å². The first-order valence-electron chi connectivity index (χ1n) is 5.92. The maximum absolute atomic E-state index is 9.41. The first-order chi connectivity index (χ1) is 10.2. The average molecular weight is 279 g/mol. The van der Waals surface area contributed by atoms with Crippen LogP contribution in [-0.4, -0.2) is 24.9 Å². The van der Waals surface area contributed by atoms with E-state index in [0.717, 1.165) is 12.0 Å². The first kappa shape index (κ1) is 12.6. The van der Waals surface area contributed by atoms with Crippen LogP contribution in [-0.2, 0) is 0 Å². The van der Waals surface area contributed by atoms with Crippen LogP contribution in [0.4, 0.5) is 11.5 Å². The predicted octanol–water partition coefficient (Wildman–Crippen LogP) is 1.16. The van der Waals surface area contributed by atoms with Gasteiger partial charge in [0.2, 0.25) is 0 Å². The highest BCUT2D eigenvalue weighted by Crippen LogP contribution is 2.19. The molecular weight excluding hydrogens is 270 g/mol. The molecular formula is C13H9N7O. The van der Waals surface area contributed by atoms with E-state index >= 15 is 0 Å². The van der Waals surface area contributed by atoms with E-state index in [1.54, 1.807) is 24.3 Å². The molecule has 2 heterocycles. The third-order valence-corrected chi connectivity index (χ3v) is 2.85. The van der Waals surface area contributed by atoms with Gasteiger partial charge in [0.25, 0.3) is 0 Å². The maximum Gasteiger partial charge on any atom is 0.190 e. The molecule has 1 aromatic carbocycles. The van der Waals surface area contributed by atoms with Crippen molar-refractivity contribution in [3.63, 3.8) is 0 Å². The number of nitrogens with zero attached hydrogens (tertiary/aromatic N) is 5. The van der Waals surface area contributed by atoms with Crippen molar-refractivity contribution >= 4 is 22.5 Å². The molecule has 8 heteroatoms. The van der Waals surface area contributed by atoms with Crippen molar-refractivity contribution in [1.29, 1.82) is 10.7 Å². The second-order valence-corrected chi connectivity index (χ2v) is 4.17. The summed E-state index contributed by atoms with van der Waals surface area (Å²) in [6, 6.07) is 8.87. The Morgan fingerprint density at radius 1 is 1.14 bits per heavy atom. The van der Waals surface area contributed by atoms with E-state index in [2.05, 4.69) is 20.3 Å². The number of fused-ring (bicyclic) bond motifs is 1. The van der Waals surface area contributed by atoms with Crippen LogP contribution in [0.1, 0.15) is 5.56 Å². The van der Waals surface area contributed by atoms with E-state index in [1.807, 2.05) is 6.07 Å². The molecule has 0 bridgehead atoms. The SMILES string of the molecule is N#Cc1ccc(Nc2ncnc3c(=N)n(O)cnc23)cc1. The summed E-state index contributed by atoms with van der Waals surface area (Å²) in [4.78, 5) is 12.1. The van der Waals surface area contributed by atoms with Crippen molar-refractivity contribution in [1.82, 2.24) is 19.7 Å². The molecule has 0 radical (unpaired) electrons. The summed E-state index contributed by atoms with van der Waals surface area (Å²) in [7, 11) is 0. The van der Waals surface area contributed by atoms with Crippen LogP contribution < -0.4 is 10.8 Å². The number of rotatable bonds is 2. The summed E-state index contributed by atoms with van der Waals surface area (Å²) in [5.41, 5.74) is 1.71. The summed E-state index contributed by atoms with van der Waals surface area (Å²) in [6.07, 6.45) is 2.39. The fraction of sp³-hybridized carbons (Fsp3) is 0. The van der Waals surface area contributed by atoms with Crippen LogP contribution in [0.2, 0.25) is 0 Å². The van der Waals surface area contributed by atoms with Crippen LogP contribution in [0.15, 0.2) is 36.9 Å². The summed E-state index contributed by atoms with van der Waals surface area (Å²) in [6.45, 7) is 0. The molecule has 3 N–H and O–H groups in total. The molecule has 0 spiro atoms. The lowest BCUT2D eigenvalue weighted by Crippen LogP contribution is -2.19. The van der Waals surface area contributed by atoms with Gasteiger partial charge >= 0.3 is 0 Å². The average Bonchev–Trinajstić information content (AvgIpc) is 2.52. The van der Waals surface area contributed by atoms with Crippen molar-refractivity contribution in [3.8, 4) is 6.07 Å². The van der Waals surface area contributed by atoms with Gasteiger partial charge in [0.15, 0.2) is 11.3 Å². The summed E-state index contributed by atoms with van der Waals surface area (Å²) >= 11 is 0. The number of benzene rings is 1. The third kappa shape index (κ3) is 2.23. The highest BCUT2D eigenvalue weighted by atomic mass is 16.5. The molecule has 0 unspecified atom stereocenters. The van der Waals surface area contributed by atoms with Crippen LogP contribution in [0.5, 0.6) is 0 Å². The van der Waals surface area contributed by atoms with Gasteiger partial charge in [0.05, 0.1) is 11.6 Å². The molecule has 3 aromatic rings. The molecule has 0 aliphatic heterocycles. The third-order valence-electron chi connectivity index (χ3n) is 2.85. The second-order valence-electron chi connectivity index (χ2n) is 4.17. The Kier molecular flexibility index (Phi) is 2.93. The van der Waals surface area contributed by atoms with Crippen LogP contribution in [0, 0.1) is 16.7 Å². The van der Waals surface area contributed by atoms with E-state index in [-0.39, 0.29) is 11.0 Å². The van der Waals surface area contributed by atoms with Crippen molar-refractivity contribution in [3.05, 3.63) is 48.0 Å². The highest BCUT2D eigenvalue weighted by molar-refractivity contribution is 5.85. The molecule has 0 atom stereocenters. The molecule has 102 valence electrons. The monoisotopic (exact) mass is 279 g/mol. The normalized spacial score (nSPS) is 10.2. The van der Waals surface area contributed by atoms with Crippen molar-refractivity contribution < 1.29 is 5.21 Å². The van der Waals surface area contributed by atoms with Gasteiger partial charge in [-0.25, -0.2) is 15.0 Å². The lowest BCUT2D eigenvalue weighted by Gasteiger charge is -2.08. The van der Waals surface area contributed by atoms with E-state index in [9.17, 15) is 5.21 Å². The predicted molar refractivity (Wildman–Crippen MR) is 72.8 cm³/mol. The van der Waals surface area contributed by atoms with Gasteiger partial charge < -0.3 is 10.5 Å². The zero-order chi connectivity index (χ0) is 14.8. The van der Waals surface area contributed by atoms with Gasteiger partial charge in [-0.15, -0.1) is 0 Å². The van der Waals surface area contributed by atoms with Gasteiger partial charge in [-0.1, -0.05) is 0 Å². The Bertz CT molecular complexity index is 908. The molecule has 21 heavy (non-hydrogen) atoms. The minimum atomic E-state index is -0.176. The summed E-state index contributed by atoms with van der Waals surface area (Å²) in [5.74, 6) is 0.416. The second kappa shape index (κ2) is 4.90. The van der Waals surface area contributed by atoms with Crippen LogP contribution in [0.3, 0.4) is 0 Å². The smallest absolute Gasteiger partial charge is 0.190 e. The zero-order valence-corrected chi connectivity index (χ0v) is 10.6. The minimum Gasteiger partial charge on any atom is -0.425 e. The largest absolute Gasteiger partial charge is 0.425 e. The summed E-state index contributed by atoms with van der Waals surface area (Å²) < 4.78 is 0.584. The molecule has 3 rings (SSSR count). The highest BCUT2D eigenvalue weighted by Gasteiger charge is 2.08. The quantitative estimate of drug-likeness (QED) is 0.605. The number of anilines is 2. The molecule has 8 nitrogen and oxygen atoms in total. The Morgan fingerprint density at radius 2 is 1.90 bits per heavy atom. The van der Waals surface area contributed by atoms with E-state index < -0.39 is 0 Å². The maximum atomic E-state index is 9.41. The Labute approximate surface area is 118 Å². The fourth-order valence-electron chi connectivity index (χ4n) is 1.81. The molecule has 0 aliphatic rings. The number of aromatic nitrogens is 4. The van der Waals surface area contributed by atoms with Crippen LogP contribution >= 0.6 is 0 Å². The zero-order valence-electron chi connectivity index (χ0n) is 10.6. The number of nitriles is 1. The van der Waals surface area contributed by atoms with Gasteiger partial charge in [0, 0.05) is 5.69 Å². The molecule has 2 aromatic heterocycles. The van der Waals surface area contributed by atoms with Gasteiger partial charge in [-0.05, 0) is 24.3 Å². The number of hydrogen-bond acceptors (Lipinski definition) is 7. The van der Waals surface area contributed by atoms with E-state index in [0.29, 0.717) is 21.6 Å². The fourth-order valence-corrected chi connectivity index (χ4v) is 1.81. The standard InChI is InChI=1S/C13H9N7O/c14-5-8-1-3-9(4-2-8)19-13-11-10(16-6-17-13)12(15)20(21)7-18-11/h1-4,6-7,15,21H,(H,16,17,19). The van der Waals surface area contributed by atoms with Gasteiger partial charge in [-0.2, -0.15) is 9.99 Å². The van der Waals surface area contributed by atoms with Crippen molar-refractivity contribution in [2.24, 2.45) is 0 Å². The lowest BCUT2D eigenvalue weighted by atomic mass is 10.2. The van der Waals surface area contributed by atoms with E-state index in [4.69, 9.17) is 10.7 Å². The molecule has 0 saturated heterocycles. The number of nitrogens with one attached hydrogen (secondary N) is 2. The lowest BCUT2D eigenvalue weighted by molar-refractivity contribution is 0.168. The minimum absolute atomic E-state index is 0.176. The molecule has 0 fully saturated rings. The van der Waals surface area contributed by atoms with Crippen LogP contribution in [0.25, 0.3) is 11.0 Å². The topological polar surface area (TPSA) is 124 Å². The van der Waals surface area contributed by atoms with Crippen molar-refractivity contribution in [2.45, 2.75) is 0 Å². The van der Waals surface area contributed by atoms with Crippen molar-refractivity contribution in [2.75, 3.05) is 5.32 Å². The Balaban J connectivity index is 2.06. The number of hydrogen-bond donors (Lipinski definition) is 3. The Morgan fingerprint density at radius 3 is 2.62 bits per heavy atom.